The maximum Gasteiger partial charge on any atom is 3.00 e. The molecule has 0 bridgehead atoms. The molecule has 7 aromatic heterocycles. The molecular weight excluding hydrogens is 1830 g/mol. The maximum absolute atomic E-state index is 12.7. The van der Waals surface area contributed by atoms with Crippen molar-refractivity contribution in [3.63, 3.8) is 0 Å². The van der Waals surface area contributed by atoms with Crippen molar-refractivity contribution in [1.82, 2.24) is 53.2 Å². The van der Waals surface area contributed by atoms with Crippen LogP contribution in [0.1, 0.15) is 191 Å². The van der Waals surface area contributed by atoms with Gasteiger partial charge in [-0.1, -0.05) is 350 Å². The SMILES string of the molecule is CC(C)c1cccc(C(C)C)c1N=C([O-])c1cc2ccccc2[n-]1.CC(C)c1cccc(C(C)C)c1N=C([O-])c1cc2ccccc2[n-]1.CC(C)c1cccc(C(C)C)c1N=C([O-])c1cc2ccccc2[n-]1.[Yb+3].[Yb+3].c1ccc(Cn2ccnc2)cc1.c1ccc(Cn2ccnc2)cc1.c1ccc(Cn2ccnc2)cc1.c1ccc(Cn2ccnc2)cc1. The summed E-state index contributed by atoms with van der Waals surface area (Å²) in [5.74, 6) is 1.01. The fourth-order valence-corrected chi connectivity index (χ4v) is 13.5. The van der Waals surface area contributed by atoms with E-state index in [0.717, 1.165) is 109 Å². The van der Waals surface area contributed by atoms with Crippen LogP contribution in [0.25, 0.3) is 32.7 Å². The van der Waals surface area contributed by atoms with Gasteiger partial charge in [0.2, 0.25) is 0 Å². The van der Waals surface area contributed by atoms with Gasteiger partial charge < -0.3 is 48.5 Å². The summed E-state index contributed by atoms with van der Waals surface area (Å²) in [5.41, 5.74) is 17.9. The number of imidazole rings is 4. The summed E-state index contributed by atoms with van der Waals surface area (Å²) in [6.07, 6.45) is 22.3. The second kappa shape index (κ2) is 48.7. The van der Waals surface area contributed by atoms with Gasteiger partial charge in [-0.05, 0) is 125 Å². The minimum Gasteiger partial charge on any atom is -0.859 e. The Bertz CT molecular complexity index is 5150. The molecular formula is C103H106N14O3Yb2. The van der Waals surface area contributed by atoms with E-state index in [2.05, 4.69) is 236 Å². The van der Waals surface area contributed by atoms with Crippen LogP contribution in [0.15, 0.2) is 357 Å². The van der Waals surface area contributed by atoms with Gasteiger partial charge in [0.05, 0.1) is 42.4 Å². The molecule has 2 radical (unpaired) electrons. The summed E-state index contributed by atoms with van der Waals surface area (Å²) < 4.78 is 8.20. The van der Waals surface area contributed by atoms with E-state index in [1.54, 1.807) is 24.8 Å². The first-order chi connectivity index (χ1) is 58.2. The van der Waals surface area contributed by atoms with Gasteiger partial charge in [-0.25, -0.2) is 19.9 Å². The van der Waals surface area contributed by atoms with Crippen LogP contribution in [0.3, 0.4) is 0 Å². The van der Waals surface area contributed by atoms with Crippen molar-refractivity contribution in [3.05, 3.63) is 415 Å². The third-order valence-corrected chi connectivity index (χ3v) is 19.8. The van der Waals surface area contributed by atoms with Crippen LogP contribution in [0.4, 0.5) is 17.1 Å². The predicted octanol–water partition coefficient (Wildman–Crippen LogP) is 21.2. The van der Waals surface area contributed by atoms with Gasteiger partial charge in [0, 0.05) is 75.8 Å². The molecule has 0 amide bonds. The molecule has 0 N–H and O–H groups in total. The minimum atomic E-state index is -0.277. The van der Waals surface area contributed by atoms with E-state index >= 15 is 0 Å². The number of rotatable bonds is 20. The smallest absolute Gasteiger partial charge is 0.859 e. The fourth-order valence-electron chi connectivity index (χ4n) is 13.5. The minimum absolute atomic E-state index is 0. The van der Waals surface area contributed by atoms with Crippen molar-refractivity contribution in [2.45, 2.75) is 145 Å². The Balaban J connectivity index is 0.000000165. The number of aliphatic imine (C=N–C) groups is 3. The molecule has 0 spiro atoms. The van der Waals surface area contributed by atoms with Crippen molar-refractivity contribution in [3.8, 4) is 0 Å². The first-order valence-corrected chi connectivity index (χ1v) is 40.9. The largest absolute Gasteiger partial charge is 3.00 e. The Morgan fingerprint density at radius 3 is 0.648 bits per heavy atom. The fraction of sp³-hybridized carbons (Fsp3) is 0.214. The molecule has 7 heterocycles. The van der Waals surface area contributed by atoms with Gasteiger partial charge >= 0.3 is 93.8 Å². The van der Waals surface area contributed by atoms with Crippen LogP contribution >= 0.6 is 0 Å². The Morgan fingerprint density at radius 2 is 0.467 bits per heavy atom. The molecule has 122 heavy (non-hydrogen) atoms. The summed E-state index contributed by atoms with van der Waals surface area (Å²) in [5, 5.41) is 41.0. The number of aromatic nitrogens is 11. The molecule has 10 aromatic carbocycles. The van der Waals surface area contributed by atoms with Gasteiger partial charge in [-0.3, -0.25) is 15.0 Å². The molecule has 17 aromatic rings. The monoisotopic (exact) mass is 1930 g/mol. The van der Waals surface area contributed by atoms with Crippen molar-refractivity contribution >= 4 is 67.5 Å². The standard InChI is InChI=1S/3C21H23N2O.4C10H10N2.2Yb/c3*1-13(2)16-9-7-10-17(14(3)4)20(16)23-21(24)19-12-15-8-5-6-11-18(15)22-19;4*1-2-4-10(5-3-1)8-12-7-6-11-9-12;;/h3*5-14H,1-4H3,(H-,22,23,24);4*1-7,9H,8H2;;/q3*-1;;;;;2*+3/p-3. The average molecular weight is 1930 g/mol. The van der Waals surface area contributed by atoms with Gasteiger partial charge in [-0.2, -0.15) is 0 Å². The molecule has 19 heteroatoms. The van der Waals surface area contributed by atoms with Crippen LogP contribution in [0.5, 0.6) is 0 Å². The molecule has 0 aliphatic heterocycles. The second-order valence-corrected chi connectivity index (χ2v) is 31.0. The predicted molar refractivity (Wildman–Crippen MR) is 485 cm³/mol. The number of hydrogen-bond acceptors (Lipinski definition) is 10. The molecule has 0 aliphatic carbocycles. The normalized spacial score (nSPS) is 11.3. The van der Waals surface area contributed by atoms with Gasteiger partial charge in [0.1, 0.15) is 0 Å². The number of hydrogen-bond donors (Lipinski definition) is 0. The van der Waals surface area contributed by atoms with Gasteiger partial charge in [-0.15, -0.1) is 33.6 Å². The number of benzene rings is 10. The second-order valence-electron chi connectivity index (χ2n) is 31.0. The van der Waals surface area contributed by atoms with Crippen LogP contribution in [0.2, 0.25) is 0 Å². The quantitative estimate of drug-likeness (QED) is 0.0519. The van der Waals surface area contributed by atoms with E-state index in [-0.39, 0.29) is 112 Å². The van der Waals surface area contributed by atoms with E-state index in [9.17, 15) is 15.3 Å². The zero-order chi connectivity index (χ0) is 84.7. The summed E-state index contributed by atoms with van der Waals surface area (Å²) in [6, 6.07) is 88.5. The van der Waals surface area contributed by atoms with E-state index in [0.29, 0.717) is 52.6 Å². The molecule has 0 fully saturated rings. The zero-order valence-electron chi connectivity index (χ0n) is 71.1. The van der Waals surface area contributed by atoms with E-state index in [1.165, 1.54) is 22.3 Å². The zero-order valence-corrected chi connectivity index (χ0v) is 74.6. The van der Waals surface area contributed by atoms with Crippen molar-refractivity contribution < 1.29 is 109 Å². The molecule has 0 aliphatic rings. The van der Waals surface area contributed by atoms with Crippen LogP contribution < -0.4 is 30.3 Å². The maximum atomic E-state index is 12.7. The topological polar surface area (TPSA) is 220 Å². The van der Waals surface area contributed by atoms with Crippen LogP contribution in [-0.2, 0) is 26.2 Å². The molecule has 17 rings (SSSR count). The summed E-state index contributed by atoms with van der Waals surface area (Å²) in [4.78, 5) is 42.6. The van der Waals surface area contributed by atoms with Crippen molar-refractivity contribution in [2.24, 2.45) is 15.0 Å². The average Bonchev–Trinajstić information content (AvgIpc) is 1.65. The van der Waals surface area contributed by atoms with Crippen molar-refractivity contribution in [1.29, 1.82) is 0 Å². The Morgan fingerprint density at radius 1 is 0.270 bits per heavy atom. The molecule has 0 atom stereocenters. The molecule has 0 saturated heterocycles. The van der Waals surface area contributed by atoms with Crippen LogP contribution in [-0.4, -0.2) is 55.9 Å². The first kappa shape index (κ1) is 95.0. The third kappa shape index (κ3) is 28.3. The van der Waals surface area contributed by atoms with Crippen molar-refractivity contribution in [2.75, 3.05) is 0 Å². The van der Waals surface area contributed by atoms with Crippen LogP contribution in [0, 0.1) is 93.8 Å². The number of para-hydroxylation sites is 6. The summed E-state index contributed by atoms with van der Waals surface area (Å²) in [6.45, 7) is 29.1. The molecule has 17 nitrogen and oxygen atoms in total. The van der Waals surface area contributed by atoms with Gasteiger partial charge in [0.15, 0.2) is 0 Å². The molecule has 0 unspecified atom stereocenters. The summed E-state index contributed by atoms with van der Waals surface area (Å²) >= 11 is 0. The Labute approximate surface area is 795 Å². The van der Waals surface area contributed by atoms with E-state index in [1.807, 2.05) is 232 Å². The number of fused-ring (bicyclic) bond motifs is 3. The Hall–Kier alpha value is -10.9. The molecule has 0 saturated carbocycles. The van der Waals surface area contributed by atoms with E-state index < -0.39 is 0 Å². The Kier molecular flexibility index (Phi) is 37.9. The summed E-state index contributed by atoms with van der Waals surface area (Å²) in [7, 11) is 0. The van der Waals surface area contributed by atoms with E-state index in [4.69, 9.17) is 0 Å². The van der Waals surface area contributed by atoms with Gasteiger partial charge in [0.25, 0.3) is 0 Å². The number of nitrogens with zero attached hydrogens (tertiary/aromatic N) is 14. The molecule has 634 valence electrons. The first-order valence-electron chi connectivity index (χ1n) is 40.9. The third-order valence-electron chi connectivity index (χ3n) is 19.8.